The molecule has 2 rings (SSSR count). The number of rotatable bonds is 3. The second-order valence-electron chi connectivity index (χ2n) is 4.34. The molecule has 0 bridgehead atoms. The average molecular weight is 284 g/mol. The van der Waals surface area contributed by atoms with Crippen molar-refractivity contribution >= 4 is 28.3 Å². The van der Waals surface area contributed by atoms with Crippen LogP contribution in [-0.4, -0.2) is 48.3 Å². The molecule has 19 heavy (non-hydrogen) atoms. The number of piperidine rings is 1. The molecule has 1 aliphatic rings. The van der Waals surface area contributed by atoms with Crippen LogP contribution >= 0.6 is 11.3 Å². The zero-order valence-electron chi connectivity index (χ0n) is 10.6. The molecule has 2 amide bonds. The summed E-state index contributed by atoms with van der Waals surface area (Å²) in [5.74, 6) is -1.04. The third kappa shape index (κ3) is 3.24. The van der Waals surface area contributed by atoms with Gasteiger partial charge in [0.15, 0.2) is 0 Å². The minimum atomic E-state index is -1.04. The molecule has 1 aliphatic heterocycles. The maximum absolute atomic E-state index is 12.1. The zero-order chi connectivity index (χ0) is 13.8. The summed E-state index contributed by atoms with van der Waals surface area (Å²) in [5, 5.41) is 13.7. The van der Waals surface area contributed by atoms with E-state index in [0.29, 0.717) is 18.1 Å². The highest BCUT2D eigenvalue weighted by molar-refractivity contribution is 7.14. The van der Waals surface area contributed by atoms with Crippen molar-refractivity contribution in [2.45, 2.75) is 18.9 Å². The molecule has 1 saturated heterocycles. The number of nitrogens with one attached hydrogen (secondary N) is 1. The van der Waals surface area contributed by atoms with Gasteiger partial charge in [0.25, 0.3) is 0 Å². The molecule has 0 spiro atoms. The third-order valence-corrected chi connectivity index (χ3v) is 3.94. The van der Waals surface area contributed by atoms with Crippen molar-refractivity contribution in [3.8, 4) is 0 Å². The van der Waals surface area contributed by atoms with Crippen LogP contribution in [0.2, 0.25) is 0 Å². The van der Waals surface area contributed by atoms with Crippen molar-refractivity contribution in [3.05, 3.63) is 17.0 Å². The highest BCUT2D eigenvalue weighted by atomic mass is 32.1. The van der Waals surface area contributed by atoms with E-state index in [1.165, 1.54) is 17.4 Å². The van der Waals surface area contributed by atoms with Crippen molar-refractivity contribution < 1.29 is 19.4 Å². The number of likely N-dealkylation sites (tertiary alicyclic amines) is 1. The van der Waals surface area contributed by atoms with E-state index < -0.39 is 5.97 Å². The van der Waals surface area contributed by atoms with Crippen molar-refractivity contribution in [2.75, 3.05) is 25.5 Å². The predicted octanol–water partition coefficient (Wildman–Crippen LogP) is 2.09. The van der Waals surface area contributed by atoms with Gasteiger partial charge in [-0.3, -0.25) is 5.32 Å². The first-order chi connectivity index (χ1) is 9.11. The minimum absolute atomic E-state index is 0.0572. The Morgan fingerprint density at radius 1 is 1.58 bits per heavy atom. The van der Waals surface area contributed by atoms with Crippen molar-refractivity contribution in [3.63, 3.8) is 0 Å². The summed E-state index contributed by atoms with van der Waals surface area (Å²) in [6.45, 7) is 1.20. The summed E-state index contributed by atoms with van der Waals surface area (Å²) in [5.41, 5.74) is 0.124. The number of ether oxygens (including phenoxy) is 1. The number of aromatic carboxylic acids is 1. The van der Waals surface area contributed by atoms with E-state index in [0.717, 1.165) is 12.8 Å². The molecule has 0 aromatic carbocycles. The van der Waals surface area contributed by atoms with E-state index >= 15 is 0 Å². The number of amides is 2. The number of carboxylic acid groups (broad SMARTS) is 1. The fourth-order valence-corrected chi connectivity index (χ4v) is 2.83. The Morgan fingerprint density at radius 3 is 3.05 bits per heavy atom. The molecule has 1 unspecified atom stereocenters. The molecule has 0 saturated carbocycles. The molecule has 1 atom stereocenters. The lowest BCUT2D eigenvalue weighted by Crippen LogP contribution is -2.44. The summed E-state index contributed by atoms with van der Waals surface area (Å²) < 4.78 is 5.26. The van der Waals surface area contributed by atoms with Gasteiger partial charge in [-0.05, 0) is 24.3 Å². The van der Waals surface area contributed by atoms with Crippen LogP contribution in [0.25, 0.3) is 0 Å². The summed E-state index contributed by atoms with van der Waals surface area (Å²) in [7, 11) is 1.63. The molecule has 2 N–H and O–H groups in total. The maximum Gasteiger partial charge on any atom is 0.338 e. The second-order valence-corrected chi connectivity index (χ2v) is 5.26. The van der Waals surface area contributed by atoms with Gasteiger partial charge in [0, 0.05) is 20.2 Å². The Hall–Kier alpha value is -1.60. The number of carbonyl (C=O) groups is 2. The van der Waals surface area contributed by atoms with Crippen LogP contribution in [0.1, 0.15) is 23.2 Å². The van der Waals surface area contributed by atoms with E-state index in [2.05, 4.69) is 5.32 Å². The lowest BCUT2D eigenvalue weighted by atomic mass is 10.1. The number of urea groups is 1. The zero-order valence-corrected chi connectivity index (χ0v) is 11.4. The predicted molar refractivity (Wildman–Crippen MR) is 71.9 cm³/mol. The Bertz CT molecular complexity index is 474. The van der Waals surface area contributed by atoms with Gasteiger partial charge in [-0.2, -0.15) is 0 Å². The molecule has 6 nitrogen and oxygen atoms in total. The molecular formula is C12H16N2O4S. The first kappa shape index (κ1) is 13.8. The Balaban J connectivity index is 2.00. The number of hydrogen-bond donors (Lipinski definition) is 2. The highest BCUT2D eigenvalue weighted by Gasteiger charge is 2.24. The van der Waals surface area contributed by atoms with Crippen LogP contribution in [0.3, 0.4) is 0 Å². The van der Waals surface area contributed by atoms with E-state index in [1.54, 1.807) is 17.4 Å². The van der Waals surface area contributed by atoms with E-state index in [-0.39, 0.29) is 17.7 Å². The molecular weight excluding hydrogens is 268 g/mol. The summed E-state index contributed by atoms with van der Waals surface area (Å²) in [4.78, 5) is 24.7. The topological polar surface area (TPSA) is 78.9 Å². The number of carbonyl (C=O) groups excluding carboxylic acids is 1. The molecule has 104 valence electrons. The van der Waals surface area contributed by atoms with Crippen molar-refractivity contribution in [1.29, 1.82) is 0 Å². The first-order valence-corrected chi connectivity index (χ1v) is 6.89. The largest absolute Gasteiger partial charge is 0.478 e. The number of anilines is 1. The Labute approximate surface area is 115 Å². The van der Waals surface area contributed by atoms with Crippen LogP contribution in [0, 0.1) is 0 Å². The van der Waals surface area contributed by atoms with Crippen LogP contribution in [-0.2, 0) is 4.74 Å². The second kappa shape index (κ2) is 6.03. The van der Waals surface area contributed by atoms with Gasteiger partial charge in [-0.25, -0.2) is 9.59 Å². The molecule has 2 heterocycles. The first-order valence-electron chi connectivity index (χ1n) is 6.01. The van der Waals surface area contributed by atoms with Gasteiger partial charge in [-0.1, -0.05) is 0 Å². The fourth-order valence-electron chi connectivity index (χ4n) is 2.07. The summed E-state index contributed by atoms with van der Waals surface area (Å²) in [6, 6.07) is 1.21. The van der Waals surface area contributed by atoms with Gasteiger partial charge in [0.2, 0.25) is 0 Å². The molecule has 1 fully saturated rings. The number of hydrogen-bond acceptors (Lipinski definition) is 4. The number of thiophene rings is 1. The summed E-state index contributed by atoms with van der Waals surface area (Å²) in [6.07, 6.45) is 1.89. The molecule has 1 aromatic heterocycles. The Morgan fingerprint density at radius 2 is 2.37 bits per heavy atom. The average Bonchev–Trinajstić information content (AvgIpc) is 2.87. The highest BCUT2D eigenvalue weighted by Crippen LogP contribution is 2.24. The summed E-state index contributed by atoms with van der Waals surface area (Å²) >= 11 is 1.21. The molecule has 0 radical (unpaired) electrons. The van der Waals surface area contributed by atoms with E-state index in [1.807, 2.05) is 0 Å². The van der Waals surface area contributed by atoms with E-state index in [4.69, 9.17) is 9.84 Å². The number of methoxy groups -OCH3 is 1. The van der Waals surface area contributed by atoms with Gasteiger partial charge < -0.3 is 14.7 Å². The van der Waals surface area contributed by atoms with E-state index in [9.17, 15) is 9.59 Å². The number of nitrogens with zero attached hydrogens (tertiary/aromatic N) is 1. The monoisotopic (exact) mass is 284 g/mol. The SMILES string of the molecule is COC1CCCN(C(=O)Nc2sccc2C(=O)O)C1. The van der Waals surface area contributed by atoms with Crippen LogP contribution in [0.15, 0.2) is 11.4 Å². The smallest absolute Gasteiger partial charge is 0.338 e. The molecule has 1 aromatic rings. The van der Waals surface area contributed by atoms with Crippen molar-refractivity contribution in [2.24, 2.45) is 0 Å². The third-order valence-electron chi connectivity index (χ3n) is 3.11. The van der Waals surface area contributed by atoms with Gasteiger partial charge in [0.1, 0.15) is 5.00 Å². The Kier molecular flexibility index (Phi) is 4.39. The van der Waals surface area contributed by atoms with Gasteiger partial charge in [0.05, 0.1) is 11.7 Å². The van der Waals surface area contributed by atoms with Crippen LogP contribution in [0.5, 0.6) is 0 Å². The minimum Gasteiger partial charge on any atom is -0.478 e. The van der Waals surface area contributed by atoms with Gasteiger partial charge in [-0.15, -0.1) is 11.3 Å². The fraction of sp³-hybridized carbons (Fsp3) is 0.500. The number of carboxylic acids is 1. The standard InChI is InChI=1S/C12H16N2O4S/c1-18-8-3-2-5-14(7-8)12(17)13-10-9(11(15)16)4-6-19-10/h4,6,8H,2-3,5,7H2,1H3,(H,13,17)(H,15,16). The maximum atomic E-state index is 12.1. The van der Waals surface area contributed by atoms with Crippen molar-refractivity contribution in [1.82, 2.24) is 4.90 Å². The normalized spacial score (nSPS) is 19.2. The van der Waals surface area contributed by atoms with Crippen LogP contribution in [0.4, 0.5) is 9.80 Å². The molecule has 0 aliphatic carbocycles. The molecule has 7 heteroatoms. The van der Waals surface area contributed by atoms with Gasteiger partial charge >= 0.3 is 12.0 Å². The lowest BCUT2D eigenvalue weighted by Gasteiger charge is -2.31. The van der Waals surface area contributed by atoms with Crippen LogP contribution < -0.4 is 5.32 Å². The quantitative estimate of drug-likeness (QED) is 0.890. The lowest BCUT2D eigenvalue weighted by molar-refractivity contribution is 0.0458.